The number of phenolic OH excluding ortho intramolecular Hbond substituents is 1. The van der Waals surface area contributed by atoms with E-state index in [-0.39, 0.29) is 11.3 Å². The molecule has 2 heterocycles. The zero-order chi connectivity index (χ0) is 22.7. The lowest BCUT2D eigenvalue weighted by atomic mass is 10.1. The van der Waals surface area contributed by atoms with Crippen LogP contribution < -0.4 is 16.0 Å². The van der Waals surface area contributed by atoms with Crippen LogP contribution in [0.4, 0.5) is 0 Å². The molecule has 0 unspecified atom stereocenters. The third-order valence-corrected chi connectivity index (χ3v) is 5.01. The average molecular weight is 434 g/mol. The molecule has 0 aliphatic rings. The summed E-state index contributed by atoms with van der Waals surface area (Å²) < 4.78 is 6.39. The molecule has 0 saturated heterocycles. The summed E-state index contributed by atoms with van der Waals surface area (Å²) in [5.41, 5.74) is 0.641. The molecule has 0 aliphatic heterocycles. The van der Waals surface area contributed by atoms with Gasteiger partial charge in [0.25, 0.3) is 5.56 Å². The molecule has 0 atom stereocenters. The Morgan fingerprint density at radius 1 is 1.12 bits per heavy atom. The van der Waals surface area contributed by atoms with Crippen molar-refractivity contribution in [2.75, 3.05) is 13.2 Å². The molecular weight excluding hydrogens is 412 g/mol. The summed E-state index contributed by atoms with van der Waals surface area (Å²) in [5.74, 6) is 0.305. The third-order valence-electron chi connectivity index (χ3n) is 5.01. The first-order valence-corrected chi connectivity index (χ1v) is 10.1. The number of nitrogens with one attached hydrogen (secondary N) is 2. The number of ether oxygens (including phenoxy) is 1. The maximum absolute atomic E-state index is 12.3. The molecule has 0 bridgehead atoms. The predicted molar refractivity (Wildman–Crippen MR) is 122 cm³/mol. The molecule has 0 saturated carbocycles. The minimum atomic E-state index is -0.757. The first kappa shape index (κ1) is 21.0. The Labute approximate surface area is 182 Å². The number of rotatable bonds is 7. The van der Waals surface area contributed by atoms with Crippen molar-refractivity contribution in [3.8, 4) is 23.1 Å². The summed E-state index contributed by atoms with van der Waals surface area (Å²) in [6.07, 6.45) is 3.65. The van der Waals surface area contributed by atoms with Gasteiger partial charge in [-0.15, -0.1) is 0 Å². The van der Waals surface area contributed by atoms with E-state index in [1.807, 2.05) is 13.1 Å². The maximum atomic E-state index is 12.3. The largest absolute Gasteiger partial charge is 0.508 e. The molecule has 2 aromatic heterocycles. The lowest BCUT2D eigenvalue weighted by molar-refractivity contribution is 0.340. The molecule has 0 spiro atoms. The standard InChI is InChI=1S/C23H22N4O5/c1-2-32-17-6-3-15(4-7-17)27-22(30)19(21(29)26-23(27)31)13-24-10-9-14-12-25-20-8-5-16(28)11-18(14)20/h3-8,11-13,25,28,30H,2,9-10H2,1H3,(H,26,29,31). The van der Waals surface area contributed by atoms with Gasteiger partial charge in [-0.3, -0.25) is 14.8 Å². The Morgan fingerprint density at radius 2 is 1.91 bits per heavy atom. The van der Waals surface area contributed by atoms with Gasteiger partial charge in [0.1, 0.15) is 17.1 Å². The van der Waals surface area contributed by atoms with Crippen LogP contribution in [0.25, 0.3) is 16.6 Å². The Morgan fingerprint density at radius 3 is 2.66 bits per heavy atom. The molecule has 0 radical (unpaired) electrons. The van der Waals surface area contributed by atoms with Gasteiger partial charge in [0.15, 0.2) is 0 Å². The van der Waals surface area contributed by atoms with Gasteiger partial charge in [-0.25, -0.2) is 9.36 Å². The van der Waals surface area contributed by atoms with E-state index >= 15 is 0 Å². The molecule has 0 amide bonds. The molecule has 9 nitrogen and oxygen atoms in total. The molecule has 0 aliphatic carbocycles. The van der Waals surface area contributed by atoms with Crippen LogP contribution in [0.1, 0.15) is 18.1 Å². The van der Waals surface area contributed by atoms with Gasteiger partial charge in [-0.1, -0.05) is 0 Å². The topological polar surface area (TPSA) is 133 Å². The SMILES string of the molecule is CCOc1ccc(-n2c(O)c(C=NCCc3c[nH]c4ccc(O)cc34)c(=O)[nH]c2=O)cc1. The fourth-order valence-electron chi connectivity index (χ4n) is 3.47. The van der Waals surface area contributed by atoms with Crippen LogP contribution in [0.2, 0.25) is 0 Å². The first-order chi connectivity index (χ1) is 15.5. The van der Waals surface area contributed by atoms with Gasteiger partial charge < -0.3 is 19.9 Å². The van der Waals surface area contributed by atoms with Crippen molar-refractivity contribution in [1.29, 1.82) is 0 Å². The summed E-state index contributed by atoms with van der Waals surface area (Å²) in [4.78, 5) is 34.1. The second-order valence-electron chi connectivity index (χ2n) is 7.09. The number of nitrogens with zero attached hydrogens (tertiary/aromatic N) is 2. The van der Waals surface area contributed by atoms with Gasteiger partial charge in [-0.2, -0.15) is 0 Å². The molecule has 32 heavy (non-hydrogen) atoms. The van der Waals surface area contributed by atoms with E-state index in [9.17, 15) is 19.8 Å². The molecule has 4 N–H and O–H groups in total. The van der Waals surface area contributed by atoms with E-state index in [1.165, 1.54) is 6.21 Å². The lowest BCUT2D eigenvalue weighted by Gasteiger charge is -2.10. The Hall–Kier alpha value is -4.27. The number of fused-ring (bicyclic) bond motifs is 1. The Balaban J connectivity index is 1.57. The molecule has 4 rings (SSSR count). The van der Waals surface area contributed by atoms with Gasteiger partial charge in [0.05, 0.1) is 12.3 Å². The number of hydrogen-bond acceptors (Lipinski definition) is 6. The summed E-state index contributed by atoms with van der Waals surface area (Å²) >= 11 is 0. The molecule has 0 fully saturated rings. The van der Waals surface area contributed by atoms with Gasteiger partial charge in [0, 0.05) is 29.9 Å². The highest BCUT2D eigenvalue weighted by Crippen LogP contribution is 2.23. The maximum Gasteiger partial charge on any atom is 0.335 e. The molecule has 164 valence electrons. The highest BCUT2D eigenvalue weighted by molar-refractivity contribution is 5.85. The van der Waals surface area contributed by atoms with Gasteiger partial charge >= 0.3 is 5.69 Å². The zero-order valence-corrected chi connectivity index (χ0v) is 17.3. The van der Waals surface area contributed by atoms with Crippen LogP contribution in [0.5, 0.6) is 17.4 Å². The number of aliphatic imine (C=N–C) groups is 1. The van der Waals surface area contributed by atoms with Gasteiger partial charge in [-0.05, 0) is 61.4 Å². The summed E-state index contributed by atoms with van der Waals surface area (Å²) in [6.45, 7) is 2.70. The quantitative estimate of drug-likeness (QED) is 0.332. The van der Waals surface area contributed by atoms with Crippen molar-refractivity contribution >= 4 is 17.1 Å². The Bertz CT molecular complexity index is 1400. The van der Waals surface area contributed by atoms with E-state index in [2.05, 4.69) is 15.0 Å². The predicted octanol–water partition coefficient (Wildman–Crippen LogP) is 2.48. The minimum Gasteiger partial charge on any atom is -0.508 e. The fourth-order valence-corrected chi connectivity index (χ4v) is 3.47. The van der Waals surface area contributed by atoms with Crippen molar-refractivity contribution in [2.24, 2.45) is 4.99 Å². The number of aromatic amines is 2. The van der Waals surface area contributed by atoms with Crippen molar-refractivity contribution in [3.63, 3.8) is 0 Å². The Kier molecular flexibility index (Phi) is 5.80. The van der Waals surface area contributed by atoms with Crippen molar-refractivity contribution in [3.05, 3.63) is 80.6 Å². The van der Waals surface area contributed by atoms with Gasteiger partial charge in [0.2, 0.25) is 5.88 Å². The highest BCUT2D eigenvalue weighted by atomic mass is 16.5. The van der Waals surface area contributed by atoms with Crippen LogP contribution in [-0.2, 0) is 6.42 Å². The van der Waals surface area contributed by atoms with E-state index in [1.54, 1.807) is 42.5 Å². The van der Waals surface area contributed by atoms with E-state index in [0.29, 0.717) is 31.0 Å². The molecule has 2 aromatic carbocycles. The summed E-state index contributed by atoms with van der Waals surface area (Å²) in [7, 11) is 0. The van der Waals surface area contributed by atoms with Crippen molar-refractivity contribution in [2.45, 2.75) is 13.3 Å². The summed E-state index contributed by atoms with van der Waals surface area (Å²) in [5, 5.41) is 21.2. The van der Waals surface area contributed by atoms with E-state index < -0.39 is 17.1 Å². The van der Waals surface area contributed by atoms with Crippen LogP contribution in [0.3, 0.4) is 0 Å². The second-order valence-corrected chi connectivity index (χ2v) is 7.09. The number of H-pyrrole nitrogens is 2. The van der Waals surface area contributed by atoms with E-state index in [4.69, 9.17) is 4.74 Å². The molecule has 9 heteroatoms. The zero-order valence-electron chi connectivity index (χ0n) is 17.3. The number of benzene rings is 2. The van der Waals surface area contributed by atoms with Crippen molar-refractivity contribution < 1.29 is 14.9 Å². The monoisotopic (exact) mass is 434 g/mol. The minimum absolute atomic E-state index is 0.116. The molecular formula is C23H22N4O5. The smallest absolute Gasteiger partial charge is 0.335 e. The molecule has 4 aromatic rings. The third kappa shape index (κ3) is 4.13. The number of aromatic nitrogens is 3. The van der Waals surface area contributed by atoms with E-state index in [0.717, 1.165) is 21.0 Å². The van der Waals surface area contributed by atoms with Crippen LogP contribution in [-0.4, -0.2) is 44.1 Å². The highest BCUT2D eigenvalue weighted by Gasteiger charge is 2.14. The number of aromatic hydroxyl groups is 2. The van der Waals surface area contributed by atoms with Crippen LogP contribution in [0, 0.1) is 0 Å². The number of phenols is 1. The number of hydrogen-bond donors (Lipinski definition) is 4. The summed E-state index contributed by atoms with van der Waals surface area (Å²) in [6, 6.07) is 11.6. The van der Waals surface area contributed by atoms with Crippen LogP contribution in [0.15, 0.2) is 63.2 Å². The fraction of sp³-hybridized carbons (Fsp3) is 0.174. The first-order valence-electron chi connectivity index (χ1n) is 10.1. The normalized spacial score (nSPS) is 11.4. The van der Waals surface area contributed by atoms with Crippen molar-refractivity contribution in [1.82, 2.24) is 14.5 Å². The van der Waals surface area contributed by atoms with Crippen LogP contribution >= 0.6 is 0 Å². The second kappa shape index (κ2) is 8.84. The lowest BCUT2D eigenvalue weighted by Crippen LogP contribution is -2.31. The average Bonchev–Trinajstić information content (AvgIpc) is 3.16.